The second kappa shape index (κ2) is 8.64. The number of hydrogen-bond acceptors (Lipinski definition) is 3. The molecule has 0 aromatic heterocycles. The average Bonchev–Trinajstić information content (AvgIpc) is 2.67. The number of piperidine rings is 1. The predicted octanol–water partition coefficient (Wildman–Crippen LogP) is 4.04. The van der Waals surface area contributed by atoms with Crippen molar-refractivity contribution in [3.8, 4) is 0 Å². The largest absolute Gasteiger partial charge is 0.396 e. The Bertz CT molecular complexity index is 776. The fourth-order valence-electron chi connectivity index (χ4n) is 3.13. The highest BCUT2D eigenvalue weighted by Gasteiger charge is 2.23. The first-order valence-corrected chi connectivity index (χ1v) is 9.54. The number of rotatable bonds is 5. The molecule has 4 nitrogen and oxygen atoms in total. The molecule has 2 N–H and O–H groups in total. The monoisotopic (exact) mass is 420 g/mol. The van der Waals surface area contributed by atoms with Crippen molar-refractivity contribution in [2.75, 3.05) is 25.0 Å². The van der Waals surface area contributed by atoms with Crippen molar-refractivity contribution in [3.63, 3.8) is 0 Å². The summed E-state index contributed by atoms with van der Waals surface area (Å²) < 4.78 is 14.6. The zero-order chi connectivity index (χ0) is 18.5. The summed E-state index contributed by atoms with van der Waals surface area (Å²) in [5.74, 6) is 0.0265. The minimum Gasteiger partial charge on any atom is -0.396 e. The van der Waals surface area contributed by atoms with Gasteiger partial charge in [-0.15, -0.1) is 0 Å². The van der Waals surface area contributed by atoms with E-state index >= 15 is 0 Å². The molecular formula is C20H22BrFN2O2. The molecule has 1 aliphatic rings. The van der Waals surface area contributed by atoms with Gasteiger partial charge in [-0.25, -0.2) is 4.39 Å². The minimum absolute atomic E-state index is 0.000128. The molecular weight excluding hydrogens is 399 g/mol. The third kappa shape index (κ3) is 4.62. The Morgan fingerprint density at radius 3 is 2.69 bits per heavy atom. The first-order chi connectivity index (χ1) is 12.6. The molecule has 1 amide bonds. The number of nitrogens with zero attached hydrogens (tertiary/aromatic N) is 1. The molecule has 0 atom stereocenters. The van der Waals surface area contributed by atoms with Gasteiger partial charge in [0.1, 0.15) is 5.82 Å². The molecule has 0 bridgehead atoms. The first kappa shape index (κ1) is 18.9. The summed E-state index contributed by atoms with van der Waals surface area (Å²) in [7, 11) is 0. The molecule has 1 saturated heterocycles. The molecule has 0 saturated carbocycles. The SMILES string of the molecule is O=C(c1cccc(NCc2ccc(Br)cc2F)c1)N1CCC(CO)CC1. The molecule has 26 heavy (non-hydrogen) atoms. The van der Waals surface area contributed by atoms with E-state index in [0.29, 0.717) is 41.2 Å². The van der Waals surface area contributed by atoms with E-state index < -0.39 is 0 Å². The Hall–Kier alpha value is -1.92. The van der Waals surface area contributed by atoms with Crippen LogP contribution in [0.25, 0.3) is 0 Å². The standard InChI is InChI=1S/C20H22BrFN2O2/c21-17-5-4-16(19(22)11-17)12-23-18-3-1-2-15(10-18)20(26)24-8-6-14(13-25)7-9-24/h1-5,10-11,14,23,25H,6-9,12-13H2. The van der Waals surface area contributed by atoms with Crippen LogP contribution in [0.4, 0.5) is 10.1 Å². The lowest BCUT2D eigenvalue weighted by molar-refractivity contribution is 0.0651. The van der Waals surface area contributed by atoms with Crippen LogP contribution >= 0.6 is 15.9 Å². The quantitative estimate of drug-likeness (QED) is 0.766. The van der Waals surface area contributed by atoms with E-state index in [2.05, 4.69) is 21.2 Å². The molecule has 2 aromatic carbocycles. The van der Waals surface area contributed by atoms with E-state index in [0.717, 1.165) is 18.5 Å². The van der Waals surface area contributed by atoms with Crippen molar-refractivity contribution in [3.05, 3.63) is 63.9 Å². The van der Waals surface area contributed by atoms with E-state index in [1.165, 1.54) is 6.07 Å². The van der Waals surface area contributed by atoms with Gasteiger partial charge in [0.25, 0.3) is 5.91 Å². The molecule has 138 valence electrons. The number of aliphatic hydroxyl groups is 1. The number of carbonyl (C=O) groups is 1. The lowest BCUT2D eigenvalue weighted by Crippen LogP contribution is -2.39. The number of amides is 1. The fraction of sp³-hybridized carbons (Fsp3) is 0.350. The third-order valence-electron chi connectivity index (χ3n) is 4.77. The van der Waals surface area contributed by atoms with Gasteiger partial charge in [-0.3, -0.25) is 4.79 Å². The summed E-state index contributed by atoms with van der Waals surface area (Å²) in [6, 6.07) is 12.3. The van der Waals surface area contributed by atoms with Crippen LogP contribution in [0.5, 0.6) is 0 Å². The number of likely N-dealkylation sites (tertiary alicyclic amines) is 1. The van der Waals surface area contributed by atoms with Gasteiger partial charge in [-0.05, 0) is 49.1 Å². The Morgan fingerprint density at radius 2 is 2.00 bits per heavy atom. The van der Waals surface area contributed by atoms with Crippen LogP contribution in [0.2, 0.25) is 0 Å². The van der Waals surface area contributed by atoms with Crippen molar-refractivity contribution < 1.29 is 14.3 Å². The number of aliphatic hydroxyl groups excluding tert-OH is 1. The summed E-state index contributed by atoms with van der Waals surface area (Å²) in [6.45, 7) is 1.88. The van der Waals surface area contributed by atoms with Crippen LogP contribution in [0, 0.1) is 11.7 Å². The maximum atomic E-state index is 13.9. The number of carbonyl (C=O) groups excluding carboxylic acids is 1. The van der Waals surface area contributed by atoms with Crippen molar-refractivity contribution in [1.82, 2.24) is 4.90 Å². The Labute approximate surface area is 161 Å². The highest BCUT2D eigenvalue weighted by Crippen LogP contribution is 2.21. The maximum Gasteiger partial charge on any atom is 0.253 e. The second-order valence-electron chi connectivity index (χ2n) is 6.59. The Balaban J connectivity index is 1.63. The molecule has 0 spiro atoms. The fourth-order valence-corrected chi connectivity index (χ4v) is 3.46. The van der Waals surface area contributed by atoms with E-state index in [9.17, 15) is 14.3 Å². The Morgan fingerprint density at radius 1 is 1.23 bits per heavy atom. The second-order valence-corrected chi connectivity index (χ2v) is 7.50. The van der Waals surface area contributed by atoms with Gasteiger partial charge in [0.15, 0.2) is 0 Å². The minimum atomic E-state index is -0.272. The molecule has 2 aromatic rings. The van der Waals surface area contributed by atoms with Crippen molar-refractivity contribution in [1.29, 1.82) is 0 Å². The van der Waals surface area contributed by atoms with Gasteiger partial charge in [-0.1, -0.05) is 28.1 Å². The summed E-state index contributed by atoms with van der Waals surface area (Å²) in [6.07, 6.45) is 1.67. The van der Waals surface area contributed by atoms with Crippen LogP contribution < -0.4 is 5.32 Å². The molecule has 1 heterocycles. The van der Waals surface area contributed by atoms with Crippen molar-refractivity contribution in [2.24, 2.45) is 5.92 Å². The number of benzene rings is 2. The molecule has 1 fully saturated rings. The lowest BCUT2D eigenvalue weighted by Gasteiger charge is -2.31. The zero-order valence-corrected chi connectivity index (χ0v) is 16.0. The van der Waals surface area contributed by atoms with Gasteiger partial charge >= 0.3 is 0 Å². The summed E-state index contributed by atoms with van der Waals surface area (Å²) >= 11 is 3.25. The molecule has 0 radical (unpaired) electrons. The number of nitrogens with one attached hydrogen (secondary N) is 1. The van der Waals surface area contributed by atoms with Gasteiger partial charge in [0.2, 0.25) is 0 Å². The number of hydrogen-bond donors (Lipinski definition) is 2. The smallest absolute Gasteiger partial charge is 0.253 e. The van der Waals surface area contributed by atoms with E-state index in [4.69, 9.17) is 0 Å². The zero-order valence-electron chi connectivity index (χ0n) is 14.4. The molecule has 3 rings (SSSR count). The molecule has 0 aliphatic carbocycles. The van der Waals surface area contributed by atoms with Gasteiger partial charge in [0, 0.05) is 47.5 Å². The van der Waals surface area contributed by atoms with E-state index in [1.807, 2.05) is 17.0 Å². The molecule has 1 aliphatic heterocycles. The molecule has 6 heteroatoms. The Kier molecular flexibility index (Phi) is 6.27. The highest BCUT2D eigenvalue weighted by molar-refractivity contribution is 9.10. The predicted molar refractivity (Wildman–Crippen MR) is 104 cm³/mol. The topological polar surface area (TPSA) is 52.6 Å². The van der Waals surface area contributed by atoms with E-state index in [-0.39, 0.29) is 18.3 Å². The third-order valence-corrected chi connectivity index (χ3v) is 5.26. The van der Waals surface area contributed by atoms with Gasteiger partial charge in [0.05, 0.1) is 0 Å². The number of halogens is 2. The summed E-state index contributed by atoms with van der Waals surface area (Å²) in [5.41, 5.74) is 1.97. The van der Waals surface area contributed by atoms with Crippen LogP contribution in [0.3, 0.4) is 0 Å². The van der Waals surface area contributed by atoms with Crippen LogP contribution in [0.1, 0.15) is 28.8 Å². The van der Waals surface area contributed by atoms with E-state index in [1.54, 1.807) is 24.3 Å². The van der Waals surface area contributed by atoms with Crippen molar-refractivity contribution in [2.45, 2.75) is 19.4 Å². The van der Waals surface area contributed by atoms with Crippen LogP contribution in [-0.4, -0.2) is 35.6 Å². The summed E-state index contributed by atoms with van der Waals surface area (Å²) in [4.78, 5) is 14.5. The van der Waals surface area contributed by atoms with Crippen molar-refractivity contribution >= 4 is 27.5 Å². The van der Waals surface area contributed by atoms with Gasteiger partial charge in [-0.2, -0.15) is 0 Å². The molecule has 0 unspecified atom stereocenters. The van der Waals surface area contributed by atoms with Crippen LogP contribution in [0.15, 0.2) is 46.9 Å². The number of anilines is 1. The maximum absolute atomic E-state index is 13.9. The normalized spacial score (nSPS) is 15.1. The first-order valence-electron chi connectivity index (χ1n) is 8.75. The highest BCUT2D eigenvalue weighted by atomic mass is 79.9. The summed E-state index contributed by atoms with van der Waals surface area (Å²) in [5, 5.41) is 12.4. The van der Waals surface area contributed by atoms with Crippen LogP contribution in [-0.2, 0) is 6.54 Å². The average molecular weight is 421 g/mol. The van der Waals surface area contributed by atoms with Gasteiger partial charge < -0.3 is 15.3 Å². The lowest BCUT2D eigenvalue weighted by atomic mass is 9.97.